The quantitative estimate of drug-likeness (QED) is 0.849. The number of aryl methyl sites for hydroxylation is 1. The van der Waals surface area contributed by atoms with E-state index in [0.717, 1.165) is 5.56 Å². The molecule has 0 aliphatic carbocycles. The molecule has 0 bridgehead atoms. The van der Waals surface area contributed by atoms with E-state index >= 15 is 0 Å². The average molecular weight is 295 g/mol. The molecule has 0 fully saturated rings. The molecule has 2 aromatic carbocycles. The number of rotatable bonds is 4. The molecule has 0 aromatic heterocycles. The number of halogens is 2. The second kappa shape index (κ2) is 6.26. The van der Waals surface area contributed by atoms with Crippen LogP contribution in [0, 0.1) is 12.7 Å². The summed E-state index contributed by atoms with van der Waals surface area (Å²) in [5, 5.41) is 18.3. The SMILES string of the molecule is Cc1ccc(F)c(COc2ccc(B(O)O)cc2)c1Cl. The maximum atomic E-state index is 13.7. The van der Waals surface area contributed by atoms with Gasteiger partial charge in [0, 0.05) is 5.56 Å². The van der Waals surface area contributed by atoms with E-state index < -0.39 is 12.9 Å². The molecular weight excluding hydrogens is 281 g/mol. The summed E-state index contributed by atoms with van der Waals surface area (Å²) >= 11 is 6.05. The Morgan fingerprint density at radius 2 is 1.80 bits per heavy atom. The second-order valence-electron chi connectivity index (χ2n) is 4.39. The summed E-state index contributed by atoms with van der Waals surface area (Å²) in [6, 6.07) is 9.17. The van der Waals surface area contributed by atoms with Crippen LogP contribution in [-0.2, 0) is 6.61 Å². The van der Waals surface area contributed by atoms with E-state index in [2.05, 4.69) is 0 Å². The van der Waals surface area contributed by atoms with Gasteiger partial charge in [-0.1, -0.05) is 29.8 Å². The zero-order chi connectivity index (χ0) is 14.7. The first-order valence-corrected chi connectivity index (χ1v) is 6.39. The number of hydrogen-bond acceptors (Lipinski definition) is 3. The van der Waals surface area contributed by atoms with Crippen LogP contribution in [0.25, 0.3) is 0 Å². The van der Waals surface area contributed by atoms with Gasteiger partial charge in [-0.25, -0.2) is 4.39 Å². The molecule has 0 aliphatic heterocycles. The Balaban J connectivity index is 2.11. The summed E-state index contributed by atoms with van der Waals surface area (Å²) in [6.45, 7) is 1.80. The minimum Gasteiger partial charge on any atom is -0.489 e. The minimum absolute atomic E-state index is 0.00731. The lowest BCUT2D eigenvalue weighted by atomic mass is 9.80. The molecule has 0 aliphatic rings. The Morgan fingerprint density at radius 1 is 1.15 bits per heavy atom. The van der Waals surface area contributed by atoms with E-state index in [-0.39, 0.29) is 6.61 Å². The van der Waals surface area contributed by atoms with E-state index in [9.17, 15) is 4.39 Å². The Kier molecular flexibility index (Phi) is 4.65. The summed E-state index contributed by atoms with van der Waals surface area (Å²) in [4.78, 5) is 0. The number of benzene rings is 2. The fourth-order valence-electron chi connectivity index (χ4n) is 1.74. The molecule has 0 radical (unpaired) electrons. The van der Waals surface area contributed by atoms with Gasteiger partial charge in [0.25, 0.3) is 0 Å². The van der Waals surface area contributed by atoms with Crippen LogP contribution in [-0.4, -0.2) is 17.2 Å². The molecule has 0 atom stereocenters. The summed E-state index contributed by atoms with van der Waals surface area (Å²) in [7, 11) is -1.52. The summed E-state index contributed by atoms with van der Waals surface area (Å²) in [6.07, 6.45) is 0. The molecule has 2 N–H and O–H groups in total. The van der Waals surface area contributed by atoms with Gasteiger partial charge >= 0.3 is 7.12 Å². The first kappa shape index (κ1) is 14.8. The zero-order valence-electron chi connectivity index (χ0n) is 10.8. The van der Waals surface area contributed by atoms with Gasteiger partial charge in [-0.3, -0.25) is 0 Å². The van der Waals surface area contributed by atoms with Crippen LogP contribution in [0.3, 0.4) is 0 Å². The second-order valence-corrected chi connectivity index (χ2v) is 4.77. The molecule has 6 heteroatoms. The molecule has 0 heterocycles. The van der Waals surface area contributed by atoms with Crippen molar-refractivity contribution in [2.45, 2.75) is 13.5 Å². The Labute approximate surface area is 121 Å². The lowest BCUT2D eigenvalue weighted by Crippen LogP contribution is -2.29. The Morgan fingerprint density at radius 3 is 2.40 bits per heavy atom. The molecule has 0 unspecified atom stereocenters. The van der Waals surface area contributed by atoms with Gasteiger partial charge in [0.2, 0.25) is 0 Å². The molecule has 0 saturated carbocycles. The van der Waals surface area contributed by atoms with Crippen LogP contribution >= 0.6 is 11.6 Å². The van der Waals surface area contributed by atoms with Crippen molar-refractivity contribution in [2.75, 3.05) is 0 Å². The Hall–Kier alpha value is -1.56. The molecule has 0 spiro atoms. The van der Waals surface area contributed by atoms with E-state index in [1.54, 1.807) is 25.1 Å². The van der Waals surface area contributed by atoms with Gasteiger partial charge in [-0.2, -0.15) is 0 Å². The van der Waals surface area contributed by atoms with Gasteiger partial charge in [-0.05, 0) is 36.1 Å². The molecule has 104 valence electrons. The van der Waals surface area contributed by atoms with Crippen molar-refractivity contribution in [1.29, 1.82) is 0 Å². The van der Waals surface area contributed by atoms with Crippen molar-refractivity contribution >= 4 is 24.2 Å². The summed E-state index contributed by atoms with van der Waals surface area (Å²) in [5.41, 5.74) is 1.44. The maximum Gasteiger partial charge on any atom is 0.488 e. The monoisotopic (exact) mass is 294 g/mol. The van der Waals surface area contributed by atoms with Gasteiger partial charge in [0.1, 0.15) is 18.2 Å². The highest BCUT2D eigenvalue weighted by molar-refractivity contribution is 6.58. The van der Waals surface area contributed by atoms with Crippen LogP contribution in [0.5, 0.6) is 5.75 Å². The fraction of sp³-hybridized carbons (Fsp3) is 0.143. The molecule has 0 saturated heterocycles. The predicted molar refractivity (Wildman–Crippen MR) is 76.7 cm³/mol. The first-order valence-electron chi connectivity index (χ1n) is 6.01. The fourth-order valence-corrected chi connectivity index (χ4v) is 1.95. The van der Waals surface area contributed by atoms with Crippen LogP contribution < -0.4 is 10.2 Å². The van der Waals surface area contributed by atoms with E-state index in [1.807, 2.05) is 0 Å². The maximum absolute atomic E-state index is 13.7. The highest BCUT2D eigenvalue weighted by atomic mass is 35.5. The van der Waals surface area contributed by atoms with Crippen LogP contribution in [0.4, 0.5) is 4.39 Å². The smallest absolute Gasteiger partial charge is 0.488 e. The van der Waals surface area contributed by atoms with Crippen molar-refractivity contribution in [2.24, 2.45) is 0 Å². The topological polar surface area (TPSA) is 49.7 Å². The third-order valence-corrected chi connectivity index (χ3v) is 3.47. The third-order valence-electron chi connectivity index (χ3n) is 2.94. The summed E-state index contributed by atoms with van der Waals surface area (Å²) in [5.74, 6) is 0.0781. The van der Waals surface area contributed by atoms with Crippen molar-refractivity contribution in [1.82, 2.24) is 0 Å². The van der Waals surface area contributed by atoms with Crippen molar-refractivity contribution in [3.05, 3.63) is 58.4 Å². The molecule has 20 heavy (non-hydrogen) atoms. The van der Waals surface area contributed by atoms with Crippen LogP contribution in [0.1, 0.15) is 11.1 Å². The minimum atomic E-state index is -1.52. The predicted octanol–water partition coefficient (Wildman–Crippen LogP) is 2.05. The highest BCUT2D eigenvalue weighted by Gasteiger charge is 2.12. The molecule has 2 rings (SSSR count). The lowest BCUT2D eigenvalue weighted by molar-refractivity contribution is 0.300. The van der Waals surface area contributed by atoms with Crippen LogP contribution in [0.15, 0.2) is 36.4 Å². The van der Waals surface area contributed by atoms with Gasteiger partial charge < -0.3 is 14.8 Å². The van der Waals surface area contributed by atoms with Gasteiger partial charge in [-0.15, -0.1) is 0 Å². The Bertz CT molecular complexity index is 602. The standard InChI is InChI=1S/C14H13BClFO3/c1-9-2-7-13(17)12(14(9)16)8-20-11-5-3-10(4-6-11)15(18)19/h2-7,18-19H,8H2,1H3. The highest BCUT2D eigenvalue weighted by Crippen LogP contribution is 2.24. The van der Waals surface area contributed by atoms with Gasteiger partial charge in [0.15, 0.2) is 0 Å². The largest absolute Gasteiger partial charge is 0.489 e. The number of ether oxygens (including phenoxy) is 1. The average Bonchev–Trinajstić information content (AvgIpc) is 2.43. The normalized spacial score (nSPS) is 10.4. The zero-order valence-corrected chi connectivity index (χ0v) is 11.6. The van der Waals surface area contributed by atoms with Crippen LogP contribution in [0.2, 0.25) is 5.02 Å². The van der Waals surface area contributed by atoms with E-state index in [4.69, 9.17) is 26.4 Å². The van der Waals surface area contributed by atoms with E-state index in [1.165, 1.54) is 18.2 Å². The summed E-state index contributed by atoms with van der Waals surface area (Å²) < 4.78 is 19.1. The van der Waals surface area contributed by atoms with Crippen molar-refractivity contribution in [3.8, 4) is 5.75 Å². The third kappa shape index (κ3) is 3.31. The number of hydrogen-bond donors (Lipinski definition) is 2. The van der Waals surface area contributed by atoms with Gasteiger partial charge in [0.05, 0.1) is 5.02 Å². The lowest BCUT2D eigenvalue weighted by Gasteiger charge is -2.11. The molecular formula is C14H13BClFO3. The molecule has 2 aromatic rings. The molecule has 0 amide bonds. The first-order chi connectivity index (χ1) is 9.49. The van der Waals surface area contributed by atoms with Crippen molar-refractivity contribution in [3.63, 3.8) is 0 Å². The molecule has 3 nitrogen and oxygen atoms in total. The van der Waals surface area contributed by atoms with E-state index in [0.29, 0.717) is 21.8 Å². The van der Waals surface area contributed by atoms with Crippen molar-refractivity contribution < 1.29 is 19.2 Å².